The average Bonchev–Trinajstić information content (AvgIpc) is 2.27. The van der Waals surface area contributed by atoms with Gasteiger partial charge in [-0.1, -0.05) is 13.8 Å². The van der Waals surface area contributed by atoms with Gasteiger partial charge >= 0.3 is 0 Å². The lowest BCUT2D eigenvalue weighted by molar-refractivity contribution is -0.116. The van der Waals surface area contributed by atoms with Crippen LogP contribution in [0.5, 0.6) is 0 Å². The number of carbonyl (C=O) groups is 2. The molecule has 0 saturated heterocycles. The highest BCUT2D eigenvalue weighted by Crippen LogP contribution is 2.08. The molecule has 0 aliphatic carbocycles. The zero-order valence-corrected chi connectivity index (χ0v) is 10.3. The standard InChI is InChI=1S/C12H17N3O2/c1-8(2)6-11(16)15-10-7-9(4-5-14-10)12(17)13-3/h4-5,7-8H,6H2,1-3H3,(H,13,17)(H,14,15,16). The maximum absolute atomic E-state index is 11.5. The third-order valence-corrected chi connectivity index (χ3v) is 2.11. The van der Waals surface area contributed by atoms with Crippen molar-refractivity contribution in [3.8, 4) is 0 Å². The van der Waals surface area contributed by atoms with Crippen LogP contribution in [0.3, 0.4) is 0 Å². The Labute approximate surface area is 101 Å². The first-order valence-corrected chi connectivity index (χ1v) is 5.51. The van der Waals surface area contributed by atoms with E-state index in [2.05, 4.69) is 15.6 Å². The SMILES string of the molecule is CNC(=O)c1ccnc(NC(=O)CC(C)C)c1. The number of pyridine rings is 1. The van der Waals surface area contributed by atoms with E-state index in [1.54, 1.807) is 19.2 Å². The van der Waals surface area contributed by atoms with Crippen LogP contribution in [0.15, 0.2) is 18.3 Å². The van der Waals surface area contributed by atoms with E-state index in [0.29, 0.717) is 17.8 Å². The van der Waals surface area contributed by atoms with Gasteiger partial charge in [0.15, 0.2) is 0 Å². The molecule has 2 N–H and O–H groups in total. The molecular weight excluding hydrogens is 218 g/mol. The summed E-state index contributed by atoms with van der Waals surface area (Å²) >= 11 is 0. The van der Waals surface area contributed by atoms with Crippen molar-refractivity contribution in [3.05, 3.63) is 23.9 Å². The molecule has 0 saturated carbocycles. The number of carbonyl (C=O) groups excluding carboxylic acids is 2. The van der Waals surface area contributed by atoms with Crippen molar-refractivity contribution in [1.29, 1.82) is 0 Å². The minimum absolute atomic E-state index is 0.0958. The maximum atomic E-state index is 11.5. The zero-order chi connectivity index (χ0) is 12.8. The summed E-state index contributed by atoms with van der Waals surface area (Å²) in [6, 6.07) is 3.15. The first kappa shape index (κ1) is 13.2. The molecule has 5 nitrogen and oxygen atoms in total. The molecule has 0 aliphatic heterocycles. The Bertz CT molecular complexity index is 416. The van der Waals surface area contributed by atoms with Gasteiger partial charge in [-0.25, -0.2) is 4.98 Å². The Balaban J connectivity index is 2.72. The third-order valence-electron chi connectivity index (χ3n) is 2.11. The van der Waals surface area contributed by atoms with E-state index < -0.39 is 0 Å². The van der Waals surface area contributed by atoms with Gasteiger partial charge in [-0.15, -0.1) is 0 Å². The molecule has 1 aromatic rings. The van der Waals surface area contributed by atoms with E-state index in [9.17, 15) is 9.59 Å². The number of nitrogens with one attached hydrogen (secondary N) is 2. The average molecular weight is 235 g/mol. The van der Waals surface area contributed by atoms with Gasteiger partial charge in [-0.05, 0) is 18.1 Å². The molecule has 2 amide bonds. The van der Waals surface area contributed by atoms with Gasteiger partial charge in [-0.3, -0.25) is 9.59 Å². The topological polar surface area (TPSA) is 71.1 Å². The molecule has 17 heavy (non-hydrogen) atoms. The summed E-state index contributed by atoms with van der Waals surface area (Å²) in [6.07, 6.45) is 1.93. The maximum Gasteiger partial charge on any atom is 0.251 e. The van der Waals surface area contributed by atoms with Gasteiger partial charge in [0, 0.05) is 25.2 Å². The predicted molar refractivity (Wildman–Crippen MR) is 65.7 cm³/mol. The van der Waals surface area contributed by atoms with Crippen molar-refractivity contribution in [2.75, 3.05) is 12.4 Å². The number of hydrogen-bond acceptors (Lipinski definition) is 3. The number of rotatable bonds is 4. The van der Waals surface area contributed by atoms with E-state index in [-0.39, 0.29) is 17.7 Å². The Kier molecular flexibility index (Phi) is 4.63. The molecule has 0 atom stereocenters. The first-order valence-electron chi connectivity index (χ1n) is 5.51. The van der Waals surface area contributed by atoms with Gasteiger partial charge < -0.3 is 10.6 Å². The lowest BCUT2D eigenvalue weighted by atomic mass is 10.1. The van der Waals surface area contributed by atoms with Crippen LogP contribution in [0.4, 0.5) is 5.82 Å². The van der Waals surface area contributed by atoms with Crippen LogP contribution in [0.25, 0.3) is 0 Å². The molecule has 1 aromatic heterocycles. The summed E-state index contributed by atoms with van der Waals surface area (Å²) in [5.74, 6) is 0.391. The molecule has 92 valence electrons. The van der Waals surface area contributed by atoms with E-state index in [0.717, 1.165) is 0 Å². The van der Waals surface area contributed by atoms with Crippen molar-refractivity contribution in [2.24, 2.45) is 5.92 Å². The highest BCUT2D eigenvalue weighted by molar-refractivity contribution is 5.96. The number of aromatic nitrogens is 1. The van der Waals surface area contributed by atoms with Crippen LogP contribution >= 0.6 is 0 Å². The Hall–Kier alpha value is -1.91. The minimum atomic E-state index is -0.202. The van der Waals surface area contributed by atoms with Gasteiger partial charge in [0.1, 0.15) is 5.82 Å². The van der Waals surface area contributed by atoms with Crippen LogP contribution < -0.4 is 10.6 Å². The fraction of sp³-hybridized carbons (Fsp3) is 0.417. The zero-order valence-electron chi connectivity index (χ0n) is 10.3. The van der Waals surface area contributed by atoms with Crippen molar-refractivity contribution >= 4 is 17.6 Å². The summed E-state index contributed by atoms with van der Waals surface area (Å²) in [7, 11) is 1.56. The van der Waals surface area contributed by atoms with E-state index >= 15 is 0 Å². The Morgan fingerprint density at radius 1 is 1.41 bits per heavy atom. The monoisotopic (exact) mass is 235 g/mol. The third kappa shape index (κ3) is 4.22. The van der Waals surface area contributed by atoms with Crippen LogP contribution in [-0.4, -0.2) is 23.8 Å². The van der Waals surface area contributed by atoms with Gasteiger partial charge in [0.2, 0.25) is 5.91 Å². The van der Waals surface area contributed by atoms with Crippen LogP contribution in [0.1, 0.15) is 30.6 Å². The van der Waals surface area contributed by atoms with Crippen LogP contribution in [0.2, 0.25) is 0 Å². The molecule has 1 heterocycles. The Morgan fingerprint density at radius 2 is 2.12 bits per heavy atom. The number of anilines is 1. The lowest BCUT2D eigenvalue weighted by Crippen LogP contribution is -2.19. The summed E-state index contributed by atoms with van der Waals surface area (Å²) in [6.45, 7) is 3.93. The predicted octanol–water partition coefficient (Wildman–Crippen LogP) is 1.43. The highest BCUT2D eigenvalue weighted by atomic mass is 16.2. The summed E-state index contributed by atoms with van der Waals surface area (Å²) in [5, 5.41) is 5.18. The smallest absolute Gasteiger partial charge is 0.251 e. The van der Waals surface area contributed by atoms with E-state index in [1.165, 1.54) is 6.20 Å². The van der Waals surface area contributed by atoms with Crippen LogP contribution in [0, 0.1) is 5.92 Å². The fourth-order valence-electron chi connectivity index (χ4n) is 1.35. The second kappa shape index (κ2) is 5.98. The molecule has 0 spiro atoms. The second-order valence-electron chi connectivity index (χ2n) is 4.16. The number of hydrogen-bond donors (Lipinski definition) is 2. The molecular formula is C12H17N3O2. The molecule has 0 bridgehead atoms. The largest absolute Gasteiger partial charge is 0.355 e. The van der Waals surface area contributed by atoms with Gasteiger partial charge in [0.25, 0.3) is 5.91 Å². The molecule has 0 unspecified atom stereocenters. The molecule has 1 rings (SSSR count). The van der Waals surface area contributed by atoms with Crippen LogP contribution in [-0.2, 0) is 4.79 Å². The number of nitrogens with zero attached hydrogens (tertiary/aromatic N) is 1. The Morgan fingerprint density at radius 3 is 2.71 bits per heavy atom. The fourth-order valence-corrected chi connectivity index (χ4v) is 1.35. The van der Waals surface area contributed by atoms with Crippen molar-refractivity contribution in [2.45, 2.75) is 20.3 Å². The first-order chi connectivity index (χ1) is 8.02. The number of amides is 2. The molecule has 0 radical (unpaired) electrons. The second-order valence-corrected chi connectivity index (χ2v) is 4.16. The van der Waals surface area contributed by atoms with E-state index in [4.69, 9.17) is 0 Å². The quantitative estimate of drug-likeness (QED) is 0.829. The van der Waals surface area contributed by atoms with Crippen molar-refractivity contribution in [3.63, 3.8) is 0 Å². The highest BCUT2D eigenvalue weighted by Gasteiger charge is 2.08. The van der Waals surface area contributed by atoms with E-state index in [1.807, 2.05) is 13.8 Å². The van der Waals surface area contributed by atoms with Gasteiger partial charge in [0.05, 0.1) is 0 Å². The van der Waals surface area contributed by atoms with Crippen molar-refractivity contribution in [1.82, 2.24) is 10.3 Å². The normalized spacial score (nSPS) is 10.1. The molecule has 0 aliphatic rings. The molecule has 0 fully saturated rings. The molecule has 5 heteroatoms. The minimum Gasteiger partial charge on any atom is -0.355 e. The van der Waals surface area contributed by atoms with Crippen molar-refractivity contribution < 1.29 is 9.59 Å². The summed E-state index contributed by atoms with van der Waals surface area (Å²) < 4.78 is 0. The summed E-state index contributed by atoms with van der Waals surface area (Å²) in [4.78, 5) is 26.9. The summed E-state index contributed by atoms with van der Waals surface area (Å²) in [5.41, 5.74) is 0.474. The lowest BCUT2D eigenvalue weighted by Gasteiger charge is -2.07. The van der Waals surface area contributed by atoms with Gasteiger partial charge in [-0.2, -0.15) is 0 Å². The molecule has 0 aromatic carbocycles.